The lowest BCUT2D eigenvalue weighted by Gasteiger charge is -2.40. The molecule has 3 N–H and O–H groups in total. The third-order valence-electron chi connectivity index (χ3n) is 7.29. The molecule has 3 rings (SSSR count). The van der Waals surface area contributed by atoms with Crippen molar-refractivity contribution >= 4 is 23.3 Å². The van der Waals surface area contributed by atoms with Crippen LogP contribution in [0.5, 0.6) is 0 Å². The summed E-state index contributed by atoms with van der Waals surface area (Å²) in [7, 11) is 1.62. The summed E-state index contributed by atoms with van der Waals surface area (Å²) in [6.07, 6.45) is 2.59. The van der Waals surface area contributed by atoms with Crippen LogP contribution < -0.4 is 10.6 Å². The molecule has 0 aliphatic heterocycles. The summed E-state index contributed by atoms with van der Waals surface area (Å²) in [4.78, 5) is 40.6. The van der Waals surface area contributed by atoms with Crippen LogP contribution in [0.2, 0.25) is 0 Å². The zero-order chi connectivity index (χ0) is 25.5. The molecule has 1 saturated carbocycles. The van der Waals surface area contributed by atoms with Crippen LogP contribution in [0.15, 0.2) is 18.2 Å². The number of primary amides is 1. The second-order valence-corrected chi connectivity index (χ2v) is 9.95. The summed E-state index contributed by atoms with van der Waals surface area (Å²) in [5.41, 5.74) is 6.72. The van der Waals surface area contributed by atoms with Gasteiger partial charge in [0.25, 0.3) is 11.7 Å². The van der Waals surface area contributed by atoms with Crippen LogP contribution in [-0.2, 0) is 11.8 Å². The molecular formula is C26H34FN3O4. The molecule has 2 aromatic rings. The predicted molar refractivity (Wildman–Crippen MR) is 128 cm³/mol. The summed E-state index contributed by atoms with van der Waals surface area (Å²) < 4.78 is 15.5. The molecule has 0 unspecified atom stereocenters. The van der Waals surface area contributed by atoms with Crippen LogP contribution in [0.3, 0.4) is 0 Å². The Morgan fingerprint density at radius 2 is 1.71 bits per heavy atom. The second-order valence-electron chi connectivity index (χ2n) is 9.95. The van der Waals surface area contributed by atoms with Gasteiger partial charge in [0, 0.05) is 24.5 Å². The van der Waals surface area contributed by atoms with Crippen LogP contribution in [-0.4, -0.2) is 38.9 Å². The van der Waals surface area contributed by atoms with E-state index in [4.69, 9.17) is 5.73 Å². The number of anilines is 1. The first-order valence-corrected chi connectivity index (χ1v) is 11.6. The Balaban J connectivity index is 2.03. The van der Waals surface area contributed by atoms with Gasteiger partial charge in [0.15, 0.2) is 0 Å². The number of nitrogens with two attached hydrogens (primary N) is 1. The van der Waals surface area contributed by atoms with Gasteiger partial charge in [-0.15, -0.1) is 0 Å². The number of amides is 2. The Bertz CT molecular complexity index is 1140. The van der Waals surface area contributed by atoms with Gasteiger partial charge >= 0.3 is 5.91 Å². The molecule has 184 valence electrons. The molecule has 1 aromatic heterocycles. The first-order chi connectivity index (χ1) is 15.8. The highest BCUT2D eigenvalue weighted by molar-refractivity contribution is 6.47. The summed E-state index contributed by atoms with van der Waals surface area (Å²) in [5.74, 6) is -2.46. The number of halogens is 1. The monoisotopic (exact) mass is 471 g/mol. The number of aromatic nitrogens is 1. The number of nitrogens with zero attached hydrogens (tertiary/aromatic N) is 2. The van der Waals surface area contributed by atoms with Gasteiger partial charge in [-0.25, -0.2) is 4.39 Å². The smallest absolute Gasteiger partial charge is 0.301 e. The Morgan fingerprint density at radius 3 is 2.18 bits per heavy atom. The topological polar surface area (TPSA) is 106 Å². The van der Waals surface area contributed by atoms with Crippen molar-refractivity contribution in [1.29, 1.82) is 0 Å². The largest absolute Gasteiger partial charge is 0.390 e. The van der Waals surface area contributed by atoms with Crippen LogP contribution in [0.1, 0.15) is 77.2 Å². The highest BCUT2D eigenvalue weighted by atomic mass is 19.1. The molecule has 0 atom stereocenters. The van der Waals surface area contributed by atoms with E-state index in [0.717, 1.165) is 0 Å². The van der Waals surface area contributed by atoms with Crippen molar-refractivity contribution in [1.82, 2.24) is 4.57 Å². The lowest BCUT2D eigenvalue weighted by Crippen LogP contribution is -2.48. The molecule has 0 bridgehead atoms. The fourth-order valence-electron chi connectivity index (χ4n) is 5.19. The molecule has 1 heterocycles. The minimum absolute atomic E-state index is 0.0854. The maximum Gasteiger partial charge on any atom is 0.301 e. The van der Waals surface area contributed by atoms with E-state index in [1.54, 1.807) is 47.7 Å². The van der Waals surface area contributed by atoms with E-state index in [1.165, 1.54) is 21.6 Å². The van der Waals surface area contributed by atoms with Gasteiger partial charge < -0.3 is 20.3 Å². The molecule has 1 aliphatic carbocycles. The standard InChI is InChI=1S/C26H34FN3O4/c1-14-13-19(11-12-20(14)27)30(18-9-7-17(8-10-18)26(4,5)34)25(33)23(31)22-15(2)21(24(28)32)16(3)29(22)6/h11-13,17-18,34H,7-10H2,1-6H3,(H2,28,32). The average Bonchev–Trinajstić information content (AvgIpc) is 2.98. The number of Topliss-reactive ketones (excluding diaryl/α,β-unsaturated/α-hetero) is 1. The highest BCUT2D eigenvalue weighted by Crippen LogP contribution is 2.36. The SMILES string of the molecule is Cc1cc(N(C(=O)C(=O)c2c(C)c(C(N)=O)c(C)n2C)C2CCC(C(C)(C)O)CC2)ccc1F. The van der Waals surface area contributed by atoms with Crippen molar-refractivity contribution in [2.45, 2.75) is 71.9 Å². The predicted octanol–water partition coefficient (Wildman–Crippen LogP) is 3.73. The zero-order valence-corrected chi connectivity index (χ0v) is 20.7. The molecule has 34 heavy (non-hydrogen) atoms. The van der Waals surface area contributed by atoms with E-state index in [0.29, 0.717) is 48.2 Å². The first kappa shape index (κ1) is 25.6. The molecular weight excluding hydrogens is 437 g/mol. The number of aryl methyl sites for hydroxylation is 1. The molecule has 1 aromatic carbocycles. The fraction of sp³-hybridized carbons (Fsp3) is 0.500. The first-order valence-electron chi connectivity index (χ1n) is 11.6. The van der Waals surface area contributed by atoms with E-state index in [9.17, 15) is 23.9 Å². The summed E-state index contributed by atoms with van der Waals surface area (Å²) in [5, 5.41) is 10.4. The Morgan fingerprint density at radius 1 is 1.12 bits per heavy atom. The van der Waals surface area contributed by atoms with Gasteiger partial charge in [-0.1, -0.05) is 0 Å². The van der Waals surface area contributed by atoms with Gasteiger partial charge in [-0.2, -0.15) is 0 Å². The quantitative estimate of drug-likeness (QED) is 0.495. The maximum absolute atomic E-state index is 14.0. The molecule has 8 heteroatoms. The van der Waals surface area contributed by atoms with Gasteiger partial charge in [-0.3, -0.25) is 14.4 Å². The van der Waals surface area contributed by atoms with E-state index in [2.05, 4.69) is 0 Å². The molecule has 1 aliphatic rings. The molecule has 1 fully saturated rings. The Kier molecular flexibility index (Phi) is 7.03. The van der Waals surface area contributed by atoms with Crippen LogP contribution in [0.4, 0.5) is 10.1 Å². The number of hydrogen-bond acceptors (Lipinski definition) is 4. The minimum atomic E-state index is -0.828. The molecule has 0 spiro atoms. The van der Waals surface area contributed by atoms with Gasteiger partial charge in [0.2, 0.25) is 0 Å². The minimum Gasteiger partial charge on any atom is -0.390 e. The summed E-state index contributed by atoms with van der Waals surface area (Å²) in [6, 6.07) is 4.09. The maximum atomic E-state index is 14.0. The van der Waals surface area contributed by atoms with Crippen molar-refractivity contribution in [2.75, 3.05) is 4.90 Å². The number of benzene rings is 1. The van der Waals surface area contributed by atoms with Crippen molar-refractivity contribution < 1.29 is 23.9 Å². The van der Waals surface area contributed by atoms with Crippen LogP contribution in [0, 0.1) is 32.5 Å². The average molecular weight is 472 g/mol. The van der Waals surface area contributed by atoms with E-state index in [-0.39, 0.29) is 23.2 Å². The van der Waals surface area contributed by atoms with Crippen molar-refractivity contribution in [3.63, 3.8) is 0 Å². The van der Waals surface area contributed by atoms with Crippen molar-refractivity contribution in [3.8, 4) is 0 Å². The van der Waals surface area contributed by atoms with Crippen molar-refractivity contribution in [3.05, 3.63) is 52.1 Å². The lowest BCUT2D eigenvalue weighted by molar-refractivity contribution is -0.115. The number of ketones is 1. The molecule has 7 nitrogen and oxygen atoms in total. The fourth-order valence-corrected chi connectivity index (χ4v) is 5.19. The molecule has 0 saturated heterocycles. The van der Waals surface area contributed by atoms with Gasteiger partial charge in [0.1, 0.15) is 5.82 Å². The third-order valence-corrected chi connectivity index (χ3v) is 7.29. The lowest BCUT2D eigenvalue weighted by atomic mass is 9.76. The molecule has 0 radical (unpaired) electrons. The van der Waals surface area contributed by atoms with Crippen molar-refractivity contribution in [2.24, 2.45) is 18.7 Å². The third kappa shape index (κ3) is 4.64. The van der Waals surface area contributed by atoms with Gasteiger partial charge in [-0.05, 0) is 95.5 Å². The second kappa shape index (κ2) is 9.33. The van der Waals surface area contributed by atoms with Crippen LogP contribution >= 0.6 is 0 Å². The Hall–Kier alpha value is -3.00. The normalized spacial score (nSPS) is 18.6. The van der Waals surface area contributed by atoms with E-state index in [1.807, 2.05) is 0 Å². The number of carbonyl (C=O) groups excluding carboxylic acids is 3. The zero-order valence-electron chi connectivity index (χ0n) is 20.7. The van der Waals surface area contributed by atoms with Crippen LogP contribution in [0.25, 0.3) is 0 Å². The number of aliphatic hydroxyl groups is 1. The van der Waals surface area contributed by atoms with Gasteiger partial charge in [0.05, 0.1) is 16.9 Å². The van der Waals surface area contributed by atoms with E-state index >= 15 is 0 Å². The number of hydrogen-bond donors (Lipinski definition) is 2. The molecule has 2 amide bonds. The highest BCUT2D eigenvalue weighted by Gasteiger charge is 2.38. The Labute approximate surface area is 199 Å². The number of rotatable bonds is 6. The summed E-state index contributed by atoms with van der Waals surface area (Å²) in [6.45, 7) is 8.45. The number of carbonyl (C=O) groups is 3. The van der Waals surface area contributed by atoms with E-state index < -0.39 is 29.0 Å². The summed E-state index contributed by atoms with van der Waals surface area (Å²) >= 11 is 0.